The lowest BCUT2D eigenvalue weighted by molar-refractivity contribution is 0.897. The summed E-state index contributed by atoms with van der Waals surface area (Å²) in [7, 11) is 0. The molecule has 0 bridgehead atoms. The Kier molecular flexibility index (Phi) is 3.87. The van der Waals surface area contributed by atoms with E-state index in [1.807, 2.05) is 17.8 Å². The third-order valence-corrected chi connectivity index (χ3v) is 5.84. The first kappa shape index (κ1) is 15.5. The second-order valence-electron chi connectivity index (χ2n) is 6.42. The monoisotopic (exact) mass is 354 g/mol. The molecule has 0 amide bonds. The fourth-order valence-corrected chi connectivity index (χ4v) is 4.43. The standard InChI is InChI=1S/C23H18N2S/c1-2-6-17(7-3-1)18-10-12-19(13-11-18)20-16-25-21-8-4-5-9-22(21)26-15-14-23(25)24-20/h1-13,16H,14-15H2. The molecule has 3 heteroatoms. The highest BCUT2D eigenvalue weighted by Crippen LogP contribution is 2.33. The fourth-order valence-electron chi connectivity index (χ4n) is 3.44. The van der Waals surface area contributed by atoms with Gasteiger partial charge in [-0.2, -0.15) is 0 Å². The molecule has 4 aromatic rings. The fraction of sp³-hybridized carbons (Fsp3) is 0.0870. The first-order valence-electron chi connectivity index (χ1n) is 8.85. The van der Waals surface area contributed by atoms with Crippen molar-refractivity contribution in [3.63, 3.8) is 0 Å². The summed E-state index contributed by atoms with van der Waals surface area (Å²) in [5.74, 6) is 2.21. The van der Waals surface area contributed by atoms with Gasteiger partial charge in [0.2, 0.25) is 0 Å². The Bertz CT molecular complexity index is 1050. The molecule has 0 saturated carbocycles. The van der Waals surface area contributed by atoms with E-state index in [-0.39, 0.29) is 0 Å². The SMILES string of the molecule is c1ccc(-c2ccc(-c3cn4c(n3)CCSc3ccccc3-4)cc2)cc1. The van der Waals surface area contributed by atoms with Crippen LogP contribution in [0.3, 0.4) is 0 Å². The van der Waals surface area contributed by atoms with Crippen LogP contribution < -0.4 is 0 Å². The Labute approximate surface area is 157 Å². The Balaban J connectivity index is 1.53. The average Bonchev–Trinajstić information content (AvgIpc) is 3.05. The van der Waals surface area contributed by atoms with Crippen molar-refractivity contribution in [3.05, 3.63) is 90.9 Å². The zero-order chi connectivity index (χ0) is 17.3. The summed E-state index contributed by atoms with van der Waals surface area (Å²) in [6.07, 6.45) is 3.17. The zero-order valence-corrected chi connectivity index (χ0v) is 15.1. The summed E-state index contributed by atoms with van der Waals surface area (Å²) >= 11 is 1.91. The minimum Gasteiger partial charge on any atom is -0.302 e. The zero-order valence-electron chi connectivity index (χ0n) is 14.3. The van der Waals surface area contributed by atoms with E-state index in [1.165, 1.54) is 21.7 Å². The second kappa shape index (κ2) is 6.50. The predicted octanol–water partition coefficient (Wildman–Crippen LogP) is 5.85. The van der Waals surface area contributed by atoms with Gasteiger partial charge in [-0.25, -0.2) is 4.98 Å². The van der Waals surface area contributed by atoms with E-state index in [2.05, 4.69) is 83.6 Å². The molecule has 2 heterocycles. The molecule has 0 aliphatic carbocycles. The van der Waals surface area contributed by atoms with E-state index in [0.717, 1.165) is 29.3 Å². The van der Waals surface area contributed by atoms with E-state index in [4.69, 9.17) is 4.98 Å². The molecular weight excluding hydrogens is 336 g/mol. The summed E-state index contributed by atoms with van der Waals surface area (Å²) in [6, 6.07) is 27.8. The number of nitrogens with zero attached hydrogens (tertiary/aromatic N) is 2. The van der Waals surface area contributed by atoms with E-state index in [9.17, 15) is 0 Å². The van der Waals surface area contributed by atoms with Crippen LogP contribution in [0.25, 0.3) is 28.1 Å². The number of para-hydroxylation sites is 1. The first-order valence-corrected chi connectivity index (χ1v) is 9.83. The van der Waals surface area contributed by atoms with Gasteiger partial charge in [-0.3, -0.25) is 0 Å². The van der Waals surface area contributed by atoms with Gasteiger partial charge in [0.25, 0.3) is 0 Å². The molecule has 26 heavy (non-hydrogen) atoms. The van der Waals surface area contributed by atoms with Crippen LogP contribution in [0.4, 0.5) is 0 Å². The molecule has 0 N–H and O–H groups in total. The molecule has 0 atom stereocenters. The van der Waals surface area contributed by atoms with Crippen LogP contribution in [0.1, 0.15) is 5.82 Å². The summed E-state index contributed by atoms with van der Waals surface area (Å²) in [4.78, 5) is 6.26. The number of rotatable bonds is 2. The minimum atomic E-state index is 0.988. The molecule has 3 aromatic carbocycles. The molecule has 1 aromatic heterocycles. The molecular formula is C23H18N2S. The lowest BCUT2D eigenvalue weighted by atomic mass is 10.0. The van der Waals surface area contributed by atoms with Gasteiger partial charge >= 0.3 is 0 Å². The Hall–Kier alpha value is -2.78. The predicted molar refractivity (Wildman–Crippen MR) is 109 cm³/mol. The van der Waals surface area contributed by atoms with Crippen LogP contribution in [-0.4, -0.2) is 15.3 Å². The second-order valence-corrected chi connectivity index (χ2v) is 7.56. The lowest BCUT2D eigenvalue weighted by Crippen LogP contribution is -1.98. The average molecular weight is 354 g/mol. The Morgan fingerprint density at radius 2 is 1.42 bits per heavy atom. The molecule has 5 rings (SSSR count). The molecule has 0 radical (unpaired) electrons. The van der Waals surface area contributed by atoms with Crippen LogP contribution >= 0.6 is 11.8 Å². The van der Waals surface area contributed by atoms with Crippen molar-refractivity contribution in [2.24, 2.45) is 0 Å². The molecule has 0 unspecified atom stereocenters. The highest BCUT2D eigenvalue weighted by Gasteiger charge is 2.17. The molecule has 0 spiro atoms. The maximum atomic E-state index is 4.93. The smallest absolute Gasteiger partial charge is 0.114 e. The largest absolute Gasteiger partial charge is 0.302 e. The van der Waals surface area contributed by atoms with Crippen LogP contribution in [0.5, 0.6) is 0 Å². The van der Waals surface area contributed by atoms with Crippen molar-refractivity contribution in [1.82, 2.24) is 9.55 Å². The third kappa shape index (κ3) is 2.74. The topological polar surface area (TPSA) is 17.8 Å². The van der Waals surface area contributed by atoms with Gasteiger partial charge in [0, 0.05) is 28.8 Å². The summed E-state index contributed by atoms with van der Waals surface area (Å²) in [6.45, 7) is 0. The van der Waals surface area contributed by atoms with Crippen molar-refractivity contribution in [1.29, 1.82) is 0 Å². The van der Waals surface area contributed by atoms with E-state index in [1.54, 1.807) is 0 Å². The van der Waals surface area contributed by atoms with Gasteiger partial charge in [-0.15, -0.1) is 11.8 Å². The van der Waals surface area contributed by atoms with E-state index >= 15 is 0 Å². The number of fused-ring (bicyclic) bond motifs is 3. The van der Waals surface area contributed by atoms with E-state index < -0.39 is 0 Å². The molecule has 1 aliphatic rings. The number of hydrogen-bond acceptors (Lipinski definition) is 2. The summed E-state index contributed by atoms with van der Waals surface area (Å²) < 4.78 is 2.26. The Morgan fingerprint density at radius 3 is 2.27 bits per heavy atom. The van der Waals surface area contributed by atoms with Crippen molar-refractivity contribution >= 4 is 11.8 Å². The van der Waals surface area contributed by atoms with Crippen LogP contribution in [-0.2, 0) is 6.42 Å². The highest BCUT2D eigenvalue weighted by molar-refractivity contribution is 7.99. The lowest BCUT2D eigenvalue weighted by Gasteiger charge is -2.07. The summed E-state index contributed by atoms with van der Waals surface area (Å²) in [5, 5.41) is 0. The van der Waals surface area contributed by atoms with Gasteiger partial charge in [0.05, 0.1) is 11.4 Å². The van der Waals surface area contributed by atoms with E-state index in [0.29, 0.717) is 0 Å². The molecule has 0 saturated heterocycles. The van der Waals surface area contributed by atoms with Crippen molar-refractivity contribution in [3.8, 4) is 28.1 Å². The molecule has 2 nitrogen and oxygen atoms in total. The normalized spacial score (nSPS) is 12.9. The number of aryl methyl sites for hydroxylation is 1. The van der Waals surface area contributed by atoms with Gasteiger partial charge < -0.3 is 4.57 Å². The summed E-state index contributed by atoms with van der Waals surface area (Å²) in [5.41, 5.74) is 5.92. The Morgan fingerprint density at radius 1 is 0.731 bits per heavy atom. The van der Waals surface area contributed by atoms with Gasteiger partial charge in [0.1, 0.15) is 5.82 Å². The maximum Gasteiger partial charge on any atom is 0.114 e. The highest BCUT2D eigenvalue weighted by atomic mass is 32.2. The third-order valence-electron chi connectivity index (χ3n) is 4.77. The van der Waals surface area contributed by atoms with Crippen molar-refractivity contribution in [2.45, 2.75) is 11.3 Å². The number of benzene rings is 3. The maximum absolute atomic E-state index is 4.93. The molecule has 1 aliphatic heterocycles. The van der Waals surface area contributed by atoms with Gasteiger partial charge in [-0.1, -0.05) is 66.7 Å². The van der Waals surface area contributed by atoms with Gasteiger partial charge in [-0.05, 0) is 23.3 Å². The van der Waals surface area contributed by atoms with Gasteiger partial charge in [0.15, 0.2) is 0 Å². The van der Waals surface area contributed by atoms with Crippen LogP contribution in [0.2, 0.25) is 0 Å². The number of hydrogen-bond donors (Lipinski definition) is 0. The van der Waals surface area contributed by atoms with Crippen LogP contribution in [0, 0.1) is 0 Å². The minimum absolute atomic E-state index is 0.988. The quantitative estimate of drug-likeness (QED) is 0.449. The number of aromatic nitrogens is 2. The number of thioether (sulfide) groups is 1. The number of imidazole rings is 1. The first-order chi connectivity index (χ1) is 12.9. The van der Waals surface area contributed by atoms with Crippen LogP contribution in [0.15, 0.2) is 90.0 Å². The van der Waals surface area contributed by atoms with Crippen molar-refractivity contribution in [2.75, 3.05) is 5.75 Å². The van der Waals surface area contributed by atoms with Crippen molar-refractivity contribution < 1.29 is 0 Å². The molecule has 126 valence electrons. The molecule has 0 fully saturated rings.